The van der Waals surface area contributed by atoms with Crippen LogP contribution >= 0.6 is 11.8 Å². The summed E-state index contributed by atoms with van der Waals surface area (Å²) in [6, 6.07) is 20.2. The predicted molar refractivity (Wildman–Crippen MR) is 94.2 cm³/mol. The summed E-state index contributed by atoms with van der Waals surface area (Å²) in [6.45, 7) is 0.494. The second-order valence-corrected chi connectivity index (χ2v) is 6.70. The number of cyclic esters (lactones) is 1. The summed E-state index contributed by atoms with van der Waals surface area (Å²) < 4.78 is 7.18. The zero-order valence-corrected chi connectivity index (χ0v) is 13.8. The molecule has 1 saturated heterocycles. The third-order valence-electron chi connectivity index (χ3n) is 3.95. The van der Waals surface area contributed by atoms with Crippen LogP contribution in [0.25, 0.3) is 16.9 Å². The van der Waals surface area contributed by atoms with E-state index in [9.17, 15) is 4.79 Å². The van der Waals surface area contributed by atoms with Gasteiger partial charge in [0.1, 0.15) is 5.25 Å². The van der Waals surface area contributed by atoms with Crippen molar-refractivity contribution in [2.24, 2.45) is 0 Å². The summed E-state index contributed by atoms with van der Waals surface area (Å²) in [5.41, 5.74) is 3.13. The molecule has 5 heteroatoms. The lowest BCUT2D eigenvalue weighted by Crippen LogP contribution is -2.11. The number of rotatable bonds is 4. The molecule has 0 amide bonds. The van der Waals surface area contributed by atoms with Gasteiger partial charge < -0.3 is 4.74 Å². The average Bonchev–Trinajstić information content (AvgIpc) is 3.23. The molecule has 120 valence electrons. The number of ether oxygens (including phenoxy) is 1. The van der Waals surface area contributed by atoms with Crippen molar-refractivity contribution >= 4 is 17.7 Å². The SMILES string of the molecule is O=C1OCC[C@@H]1Sc1ncc(-c2ccccc2)n1-c1ccccc1. The summed E-state index contributed by atoms with van der Waals surface area (Å²) in [5, 5.41) is 0.627. The van der Waals surface area contributed by atoms with Gasteiger partial charge in [0, 0.05) is 17.7 Å². The molecule has 1 aromatic heterocycles. The highest BCUT2D eigenvalue weighted by Gasteiger charge is 2.29. The molecule has 0 saturated carbocycles. The Morgan fingerprint density at radius 3 is 2.42 bits per heavy atom. The van der Waals surface area contributed by atoms with Crippen LogP contribution in [0.5, 0.6) is 0 Å². The molecule has 4 nitrogen and oxygen atoms in total. The molecular weight excluding hydrogens is 320 g/mol. The molecule has 24 heavy (non-hydrogen) atoms. The Morgan fingerprint density at radius 1 is 1.04 bits per heavy atom. The molecule has 0 spiro atoms. The van der Waals surface area contributed by atoms with E-state index in [0.717, 1.165) is 28.5 Å². The van der Waals surface area contributed by atoms with Crippen molar-refractivity contribution in [1.82, 2.24) is 9.55 Å². The number of carbonyl (C=O) groups is 1. The first-order valence-corrected chi connectivity index (χ1v) is 8.73. The van der Waals surface area contributed by atoms with Crippen molar-refractivity contribution in [2.75, 3.05) is 6.61 Å². The van der Waals surface area contributed by atoms with Gasteiger partial charge in [0.15, 0.2) is 5.16 Å². The van der Waals surface area contributed by atoms with E-state index >= 15 is 0 Å². The standard InChI is InChI=1S/C19H16N2O2S/c22-18-17(11-12-23-18)24-19-20-13-16(14-7-3-1-4-8-14)21(19)15-9-5-2-6-10-15/h1-10,13,17H,11-12H2/t17-/m0/s1. The number of imidazole rings is 1. The molecule has 0 unspecified atom stereocenters. The van der Waals surface area contributed by atoms with Gasteiger partial charge in [-0.25, -0.2) is 4.98 Å². The van der Waals surface area contributed by atoms with Crippen LogP contribution in [0.3, 0.4) is 0 Å². The lowest BCUT2D eigenvalue weighted by Gasteiger charge is -2.13. The van der Waals surface area contributed by atoms with Crippen LogP contribution in [0.4, 0.5) is 0 Å². The highest BCUT2D eigenvalue weighted by molar-refractivity contribution is 8.00. The number of aromatic nitrogens is 2. The largest absolute Gasteiger partial charge is 0.465 e. The molecule has 3 aromatic rings. The van der Waals surface area contributed by atoms with E-state index in [1.165, 1.54) is 11.8 Å². The molecule has 4 rings (SSSR count). The minimum Gasteiger partial charge on any atom is -0.465 e. The first-order valence-electron chi connectivity index (χ1n) is 7.85. The number of para-hydroxylation sites is 1. The minimum atomic E-state index is -0.182. The monoisotopic (exact) mass is 336 g/mol. The van der Waals surface area contributed by atoms with Crippen LogP contribution in [0.1, 0.15) is 6.42 Å². The van der Waals surface area contributed by atoms with Crippen LogP contribution < -0.4 is 0 Å². The topological polar surface area (TPSA) is 44.1 Å². The van der Waals surface area contributed by atoms with Crippen molar-refractivity contribution in [3.63, 3.8) is 0 Å². The predicted octanol–water partition coefficient (Wildman–Crippen LogP) is 3.95. The Balaban J connectivity index is 1.79. The number of hydrogen-bond donors (Lipinski definition) is 0. The van der Waals surface area contributed by atoms with Gasteiger partial charge >= 0.3 is 5.97 Å². The van der Waals surface area contributed by atoms with E-state index in [1.54, 1.807) is 0 Å². The molecule has 0 N–H and O–H groups in total. The number of hydrogen-bond acceptors (Lipinski definition) is 4. The van der Waals surface area contributed by atoms with Crippen molar-refractivity contribution in [1.29, 1.82) is 0 Å². The van der Waals surface area contributed by atoms with Gasteiger partial charge in [-0.05, 0) is 12.1 Å². The zero-order valence-electron chi connectivity index (χ0n) is 13.0. The molecule has 0 aliphatic carbocycles. The number of esters is 1. The molecule has 2 heterocycles. The fourth-order valence-electron chi connectivity index (χ4n) is 2.77. The molecule has 0 bridgehead atoms. The Kier molecular flexibility index (Phi) is 4.09. The molecule has 1 fully saturated rings. The normalized spacial score (nSPS) is 17.0. The number of nitrogens with zero attached hydrogens (tertiary/aromatic N) is 2. The molecule has 1 aliphatic rings. The Hall–Kier alpha value is -2.53. The van der Waals surface area contributed by atoms with Gasteiger partial charge in [0.05, 0.1) is 18.5 Å². The van der Waals surface area contributed by atoms with E-state index in [1.807, 2.05) is 54.7 Å². The van der Waals surface area contributed by atoms with E-state index in [4.69, 9.17) is 4.74 Å². The highest BCUT2D eigenvalue weighted by atomic mass is 32.2. The maximum absolute atomic E-state index is 11.8. The van der Waals surface area contributed by atoms with E-state index < -0.39 is 0 Å². The number of carbonyl (C=O) groups excluding carboxylic acids is 1. The molecular formula is C19H16N2O2S. The maximum atomic E-state index is 11.8. The summed E-state index contributed by atoms with van der Waals surface area (Å²) >= 11 is 1.47. The molecule has 1 aliphatic heterocycles. The van der Waals surface area contributed by atoms with Crippen molar-refractivity contribution in [2.45, 2.75) is 16.8 Å². The van der Waals surface area contributed by atoms with Gasteiger partial charge in [-0.3, -0.25) is 9.36 Å². The van der Waals surface area contributed by atoms with Crippen LogP contribution in [-0.2, 0) is 9.53 Å². The van der Waals surface area contributed by atoms with Crippen LogP contribution in [0.15, 0.2) is 72.0 Å². The summed E-state index contributed by atoms with van der Waals surface area (Å²) in [4.78, 5) is 16.4. The van der Waals surface area contributed by atoms with Crippen molar-refractivity contribution in [3.05, 3.63) is 66.9 Å². The van der Waals surface area contributed by atoms with Crippen LogP contribution in [0.2, 0.25) is 0 Å². The van der Waals surface area contributed by atoms with Gasteiger partial charge in [-0.2, -0.15) is 0 Å². The number of thioether (sulfide) groups is 1. The van der Waals surface area contributed by atoms with E-state index in [2.05, 4.69) is 21.7 Å². The highest BCUT2D eigenvalue weighted by Crippen LogP contribution is 2.34. The molecule has 0 radical (unpaired) electrons. The zero-order chi connectivity index (χ0) is 16.4. The Labute approximate surface area is 144 Å². The van der Waals surface area contributed by atoms with E-state index in [0.29, 0.717) is 6.61 Å². The second kappa shape index (κ2) is 6.53. The fourth-order valence-corrected chi connectivity index (χ4v) is 3.82. The Bertz CT molecular complexity index is 846. The lowest BCUT2D eigenvalue weighted by atomic mass is 10.1. The van der Waals surface area contributed by atoms with Gasteiger partial charge in [-0.15, -0.1) is 0 Å². The molecule has 1 atom stereocenters. The van der Waals surface area contributed by atoms with Crippen LogP contribution in [0, 0.1) is 0 Å². The smallest absolute Gasteiger partial charge is 0.319 e. The summed E-state index contributed by atoms with van der Waals surface area (Å²) in [7, 11) is 0. The van der Waals surface area contributed by atoms with E-state index in [-0.39, 0.29) is 11.2 Å². The van der Waals surface area contributed by atoms with Crippen molar-refractivity contribution < 1.29 is 9.53 Å². The first kappa shape index (κ1) is 15.0. The summed E-state index contributed by atoms with van der Waals surface area (Å²) in [5.74, 6) is -0.149. The lowest BCUT2D eigenvalue weighted by molar-refractivity contribution is -0.137. The van der Waals surface area contributed by atoms with Gasteiger partial charge in [0.25, 0.3) is 0 Å². The Morgan fingerprint density at radius 2 is 1.75 bits per heavy atom. The third-order valence-corrected chi connectivity index (χ3v) is 5.16. The molecule has 2 aromatic carbocycles. The first-order chi connectivity index (χ1) is 11.8. The quantitative estimate of drug-likeness (QED) is 0.677. The third kappa shape index (κ3) is 2.83. The fraction of sp³-hybridized carbons (Fsp3) is 0.158. The minimum absolute atomic E-state index is 0.149. The van der Waals surface area contributed by atoms with Crippen molar-refractivity contribution in [3.8, 4) is 16.9 Å². The second-order valence-electron chi connectivity index (χ2n) is 5.53. The van der Waals surface area contributed by atoms with Crippen LogP contribution in [-0.4, -0.2) is 27.4 Å². The summed E-state index contributed by atoms with van der Waals surface area (Å²) in [6.07, 6.45) is 2.59. The maximum Gasteiger partial charge on any atom is 0.319 e. The van der Waals surface area contributed by atoms with Gasteiger partial charge in [0.2, 0.25) is 0 Å². The average molecular weight is 336 g/mol. The number of benzene rings is 2. The van der Waals surface area contributed by atoms with Gasteiger partial charge in [-0.1, -0.05) is 60.3 Å².